The molecule has 2 heterocycles. The summed E-state index contributed by atoms with van der Waals surface area (Å²) in [6.45, 7) is 3.30. The maximum atomic E-state index is 12.8. The first-order valence-corrected chi connectivity index (χ1v) is 8.43. The fourth-order valence-electron chi connectivity index (χ4n) is 2.85. The van der Waals surface area contributed by atoms with Gasteiger partial charge in [0.15, 0.2) is 0 Å². The molecule has 0 bridgehead atoms. The van der Waals surface area contributed by atoms with Crippen molar-refractivity contribution in [3.05, 3.63) is 47.0 Å². The number of aryl methyl sites for hydroxylation is 2. The SMILES string of the molecule is COc1cccc(NC(=O)CCc2c(C)nc3nc(C(F)(F)F)nn3c2C)c1. The number of amides is 1. The topological polar surface area (TPSA) is 81.4 Å². The Kier molecular flexibility index (Phi) is 5.21. The van der Waals surface area contributed by atoms with Crippen LogP contribution in [-0.4, -0.2) is 32.6 Å². The maximum absolute atomic E-state index is 12.8. The molecule has 3 aromatic rings. The summed E-state index contributed by atoms with van der Waals surface area (Å²) in [5.41, 5.74) is 2.24. The second-order valence-corrected chi connectivity index (χ2v) is 6.19. The Morgan fingerprint density at radius 2 is 2.00 bits per heavy atom. The number of methoxy groups -OCH3 is 1. The molecule has 0 aliphatic carbocycles. The number of anilines is 1. The van der Waals surface area contributed by atoms with Gasteiger partial charge in [0.25, 0.3) is 11.6 Å². The number of benzene rings is 1. The molecule has 0 spiro atoms. The first kappa shape index (κ1) is 19.6. The van der Waals surface area contributed by atoms with Crippen LogP contribution in [0.25, 0.3) is 5.78 Å². The summed E-state index contributed by atoms with van der Waals surface area (Å²) in [7, 11) is 1.53. The molecule has 148 valence electrons. The van der Waals surface area contributed by atoms with E-state index in [1.807, 2.05) is 0 Å². The zero-order valence-corrected chi connectivity index (χ0v) is 15.5. The predicted octanol–water partition coefficient (Wildman–Crippen LogP) is 3.34. The van der Waals surface area contributed by atoms with E-state index in [0.717, 1.165) is 4.52 Å². The molecule has 10 heteroatoms. The van der Waals surface area contributed by atoms with Crippen LogP contribution in [0.15, 0.2) is 24.3 Å². The number of rotatable bonds is 5. The second kappa shape index (κ2) is 7.45. The fourth-order valence-corrected chi connectivity index (χ4v) is 2.85. The minimum Gasteiger partial charge on any atom is -0.497 e. The average molecular weight is 393 g/mol. The van der Waals surface area contributed by atoms with Gasteiger partial charge in [-0.2, -0.15) is 18.2 Å². The molecule has 7 nitrogen and oxygen atoms in total. The van der Waals surface area contributed by atoms with Crippen molar-refractivity contribution in [1.82, 2.24) is 19.6 Å². The lowest BCUT2D eigenvalue weighted by atomic mass is 10.1. The second-order valence-electron chi connectivity index (χ2n) is 6.19. The van der Waals surface area contributed by atoms with Gasteiger partial charge in [-0.15, -0.1) is 5.10 Å². The van der Waals surface area contributed by atoms with E-state index in [1.54, 1.807) is 38.1 Å². The highest BCUT2D eigenvalue weighted by molar-refractivity contribution is 5.91. The highest BCUT2D eigenvalue weighted by atomic mass is 19.4. The summed E-state index contributed by atoms with van der Waals surface area (Å²) in [5.74, 6) is -0.977. The molecule has 3 rings (SSSR count). The summed E-state index contributed by atoms with van der Waals surface area (Å²) in [6.07, 6.45) is -4.21. The van der Waals surface area contributed by atoms with Crippen LogP contribution in [0, 0.1) is 13.8 Å². The van der Waals surface area contributed by atoms with Crippen molar-refractivity contribution < 1.29 is 22.7 Å². The third-order valence-corrected chi connectivity index (χ3v) is 4.26. The minimum absolute atomic E-state index is 0.119. The van der Waals surface area contributed by atoms with Crippen molar-refractivity contribution >= 4 is 17.4 Å². The molecule has 1 amide bonds. The van der Waals surface area contributed by atoms with Crippen molar-refractivity contribution in [2.24, 2.45) is 0 Å². The first-order chi connectivity index (χ1) is 13.2. The van der Waals surface area contributed by atoms with Gasteiger partial charge in [-0.1, -0.05) is 6.07 Å². The van der Waals surface area contributed by atoms with Crippen LogP contribution in [-0.2, 0) is 17.4 Å². The first-order valence-electron chi connectivity index (χ1n) is 8.43. The number of aromatic nitrogens is 4. The Morgan fingerprint density at radius 3 is 2.68 bits per heavy atom. The molecule has 0 saturated carbocycles. The van der Waals surface area contributed by atoms with Crippen LogP contribution >= 0.6 is 0 Å². The van der Waals surface area contributed by atoms with Gasteiger partial charge in [0.05, 0.1) is 7.11 Å². The lowest BCUT2D eigenvalue weighted by Gasteiger charge is -2.11. The zero-order chi connectivity index (χ0) is 20.5. The molecule has 0 saturated heterocycles. The molecular weight excluding hydrogens is 375 g/mol. The summed E-state index contributed by atoms with van der Waals surface area (Å²) in [5, 5.41) is 6.27. The van der Waals surface area contributed by atoms with Gasteiger partial charge in [-0.3, -0.25) is 4.79 Å². The van der Waals surface area contributed by atoms with Crippen LogP contribution in [0.2, 0.25) is 0 Å². The maximum Gasteiger partial charge on any atom is 0.453 e. The Balaban J connectivity index is 1.77. The van der Waals surface area contributed by atoms with Gasteiger partial charge in [0, 0.05) is 29.6 Å². The van der Waals surface area contributed by atoms with E-state index in [0.29, 0.717) is 34.8 Å². The average Bonchev–Trinajstić information content (AvgIpc) is 3.06. The van der Waals surface area contributed by atoms with Crippen molar-refractivity contribution in [2.45, 2.75) is 32.9 Å². The highest BCUT2D eigenvalue weighted by Crippen LogP contribution is 2.27. The van der Waals surface area contributed by atoms with Gasteiger partial charge >= 0.3 is 6.18 Å². The monoisotopic (exact) mass is 393 g/mol. The number of carbonyl (C=O) groups is 1. The summed E-state index contributed by atoms with van der Waals surface area (Å²) in [6, 6.07) is 6.94. The normalized spacial score (nSPS) is 11.6. The van der Waals surface area contributed by atoms with E-state index in [4.69, 9.17) is 4.74 Å². The lowest BCUT2D eigenvalue weighted by molar-refractivity contribution is -0.144. The van der Waals surface area contributed by atoms with Crippen LogP contribution in [0.1, 0.15) is 29.2 Å². The van der Waals surface area contributed by atoms with E-state index >= 15 is 0 Å². The summed E-state index contributed by atoms with van der Waals surface area (Å²) < 4.78 is 44.7. The Hall–Kier alpha value is -3.17. The van der Waals surface area contributed by atoms with Gasteiger partial charge < -0.3 is 10.1 Å². The van der Waals surface area contributed by atoms with Crippen LogP contribution < -0.4 is 10.1 Å². The number of hydrogen-bond acceptors (Lipinski definition) is 5. The molecule has 0 aliphatic rings. The van der Waals surface area contributed by atoms with E-state index in [1.165, 1.54) is 7.11 Å². The lowest BCUT2D eigenvalue weighted by Crippen LogP contribution is -2.14. The van der Waals surface area contributed by atoms with E-state index in [-0.39, 0.29) is 18.1 Å². The van der Waals surface area contributed by atoms with Crippen molar-refractivity contribution in [1.29, 1.82) is 0 Å². The number of halogens is 3. The van der Waals surface area contributed by atoms with Gasteiger partial charge in [-0.25, -0.2) is 9.50 Å². The van der Waals surface area contributed by atoms with Gasteiger partial charge in [0.2, 0.25) is 5.91 Å². The van der Waals surface area contributed by atoms with Crippen molar-refractivity contribution in [3.8, 4) is 5.75 Å². The molecule has 0 fully saturated rings. The Morgan fingerprint density at radius 1 is 1.25 bits per heavy atom. The Labute approximate surface area is 158 Å². The molecule has 28 heavy (non-hydrogen) atoms. The zero-order valence-electron chi connectivity index (χ0n) is 15.5. The predicted molar refractivity (Wildman–Crippen MR) is 95.2 cm³/mol. The van der Waals surface area contributed by atoms with Crippen LogP contribution in [0.4, 0.5) is 18.9 Å². The molecule has 1 aromatic carbocycles. The number of nitrogens with one attached hydrogen (secondary N) is 1. The van der Waals surface area contributed by atoms with E-state index < -0.39 is 12.0 Å². The molecule has 2 aromatic heterocycles. The molecule has 0 unspecified atom stereocenters. The number of fused-ring (bicyclic) bond motifs is 1. The number of ether oxygens (including phenoxy) is 1. The molecule has 0 atom stereocenters. The minimum atomic E-state index is -4.65. The number of hydrogen-bond donors (Lipinski definition) is 1. The number of nitrogens with zero attached hydrogens (tertiary/aromatic N) is 4. The van der Waals surface area contributed by atoms with Crippen LogP contribution in [0.5, 0.6) is 5.75 Å². The molecule has 1 N–H and O–H groups in total. The summed E-state index contributed by atoms with van der Waals surface area (Å²) >= 11 is 0. The van der Waals surface area contributed by atoms with Crippen molar-refractivity contribution in [3.63, 3.8) is 0 Å². The van der Waals surface area contributed by atoms with Gasteiger partial charge in [0.1, 0.15) is 5.75 Å². The van der Waals surface area contributed by atoms with Gasteiger partial charge in [-0.05, 0) is 38.0 Å². The van der Waals surface area contributed by atoms with E-state index in [2.05, 4.69) is 20.4 Å². The van der Waals surface area contributed by atoms with E-state index in [9.17, 15) is 18.0 Å². The van der Waals surface area contributed by atoms with Crippen LogP contribution in [0.3, 0.4) is 0 Å². The largest absolute Gasteiger partial charge is 0.497 e. The summed E-state index contributed by atoms with van der Waals surface area (Å²) in [4.78, 5) is 19.8. The number of carbonyl (C=O) groups excluding carboxylic acids is 1. The molecule has 0 aliphatic heterocycles. The third kappa shape index (κ3) is 4.05. The standard InChI is InChI=1S/C18H18F3N5O2/c1-10-14(7-8-15(27)23-12-5-4-6-13(9-12)28-3)11(2)26-17(22-10)24-16(25-26)18(19,20)21/h4-6,9H,7-8H2,1-3H3,(H,23,27). The van der Waals surface area contributed by atoms with Crippen molar-refractivity contribution in [2.75, 3.05) is 12.4 Å². The quantitative estimate of drug-likeness (QED) is 0.719. The number of alkyl halides is 3. The molecular formula is C18H18F3N5O2. The highest BCUT2D eigenvalue weighted by Gasteiger charge is 2.36. The third-order valence-electron chi connectivity index (χ3n) is 4.26. The Bertz CT molecular complexity index is 1030. The smallest absolute Gasteiger partial charge is 0.453 e. The fraction of sp³-hybridized carbons (Fsp3) is 0.333. The molecule has 0 radical (unpaired) electrons.